The Morgan fingerprint density at radius 3 is 3.10 bits per heavy atom. The van der Waals surface area contributed by atoms with Crippen LogP contribution in [-0.4, -0.2) is 18.3 Å². The van der Waals surface area contributed by atoms with Crippen molar-refractivity contribution in [2.24, 2.45) is 5.10 Å². The van der Waals surface area contributed by atoms with Crippen LogP contribution in [0.2, 0.25) is 0 Å². The number of thiazole rings is 1. The van der Waals surface area contributed by atoms with Gasteiger partial charge in [0.1, 0.15) is 11.5 Å². The second-order valence-electron chi connectivity index (χ2n) is 4.16. The lowest BCUT2D eigenvalue weighted by Crippen LogP contribution is -1.89. The summed E-state index contributed by atoms with van der Waals surface area (Å²) in [5.41, 5.74) is 4.78. The summed E-state index contributed by atoms with van der Waals surface area (Å²) in [4.78, 5) is 4.48. The van der Waals surface area contributed by atoms with E-state index < -0.39 is 0 Å². The highest BCUT2D eigenvalue weighted by atomic mass is 32.1. The predicted octanol–water partition coefficient (Wildman–Crippen LogP) is 3.86. The normalized spacial score (nSPS) is 10.9. The maximum absolute atomic E-state index is 5.22. The molecule has 1 N–H and O–H groups in total. The number of nitrogens with one attached hydrogen (secondary N) is 1. The van der Waals surface area contributed by atoms with Crippen molar-refractivity contribution in [3.8, 4) is 17.0 Å². The number of aromatic nitrogens is 1. The molecular formula is C15H13N3O2S. The molecule has 21 heavy (non-hydrogen) atoms. The second-order valence-corrected chi connectivity index (χ2v) is 5.01. The summed E-state index contributed by atoms with van der Waals surface area (Å²) in [6.45, 7) is 0. The first kappa shape index (κ1) is 13.4. The fraction of sp³-hybridized carbons (Fsp3) is 0.0667. The molecule has 0 aliphatic carbocycles. The van der Waals surface area contributed by atoms with Crippen LogP contribution in [0.1, 0.15) is 5.76 Å². The number of rotatable bonds is 5. The van der Waals surface area contributed by atoms with Crippen LogP contribution in [0.25, 0.3) is 11.3 Å². The molecule has 0 bridgehead atoms. The van der Waals surface area contributed by atoms with Crippen molar-refractivity contribution in [3.05, 3.63) is 53.8 Å². The molecule has 0 spiro atoms. The van der Waals surface area contributed by atoms with Gasteiger partial charge in [-0.05, 0) is 24.3 Å². The molecule has 2 heterocycles. The largest absolute Gasteiger partial charge is 0.497 e. The minimum atomic E-state index is 0.687. The Balaban J connectivity index is 1.71. The Hall–Kier alpha value is -2.60. The lowest BCUT2D eigenvalue weighted by Gasteiger charge is -2.01. The van der Waals surface area contributed by atoms with Crippen molar-refractivity contribution in [1.82, 2.24) is 4.98 Å². The minimum Gasteiger partial charge on any atom is -0.497 e. The number of furan rings is 1. The third-order valence-corrected chi connectivity index (χ3v) is 3.51. The van der Waals surface area contributed by atoms with E-state index in [1.165, 1.54) is 11.3 Å². The topological polar surface area (TPSA) is 59.6 Å². The van der Waals surface area contributed by atoms with Gasteiger partial charge in [-0.15, -0.1) is 11.3 Å². The Labute approximate surface area is 125 Å². The van der Waals surface area contributed by atoms with Gasteiger partial charge in [0.25, 0.3) is 0 Å². The van der Waals surface area contributed by atoms with Gasteiger partial charge in [-0.25, -0.2) is 4.98 Å². The molecule has 2 aromatic heterocycles. The summed E-state index contributed by atoms with van der Waals surface area (Å²) in [5, 5.41) is 6.77. The second kappa shape index (κ2) is 6.23. The quantitative estimate of drug-likeness (QED) is 0.574. The molecule has 0 fully saturated rings. The third kappa shape index (κ3) is 3.29. The van der Waals surface area contributed by atoms with Crippen molar-refractivity contribution >= 4 is 22.7 Å². The van der Waals surface area contributed by atoms with Crippen LogP contribution < -0.4 is 10.2 Å². The van der Waals surface area contributed by atoms with Crippen molar-refractivity contribution in [2.45, 2.75) is 0 Å². The molecule has 0 saturated heterocycles. The van der Waals surface area contributed by atoms with E-state index in [2.05, 4.69) is 15.5 Å². The smallest absolute Gasteiger partial charge is 0.203 e. The highest BCUT2D eigenvalue weighted by Crippen LogP contribution is 2.27. The van der Waals surface area contributed by atoms with Crippen molar-refractivity contribution in [2.75, 3.05) is 12.5 Å². The van der Waals surface area contributed by atoms with E-state index in [9.17, 15) is 0 Å². The Morgan fingerprint density at radius 2 is 2.29 bits per heavy atom. The molecular weight excluding hydrogens is 286 g/mol. The van der Waals surface area contributed by atoms with Crippen LogP contribution in [-0.2, 0) is 0 Å². The summed E-state index contributed by atoms with van der Waals surface area (Å²) in [7, 11) is 1.65. The fourth-order valence-corrected chi connectivity index (χ4v) is 2.42. The molecule has 0 aliphatic rings. The number of methoxy groups -OCH3 is 1. The highest BCUT2D eigenvalue weighted by Gasteiger charge is 2.05. The summed E-state index contributed by atoms with van der Waals surface area (Å²) in [6, 6.07) is 11.4. The number of hydrogen-bond acceptors (Lipinski definition) is 6. The van der Waals surface area contributed by atoms with Gasteiger partial charge in [0.05, 0.1) is 25.3 Å². The Morgan fingerprint density at radius 1 is 1.33 bits per heavy atom. The molecule has 0 unspecified atom stereocenters. The average Bonchev–Trinajstić information content (AvgIpc) is 3.19. The van der Waals surface area contributed by atoms with Crippen molar-refractivity contribution in [1.29, 1.82) is 0 Å². The third-order valence-electron chi connectivity index (χ3n) is 2.76. The lowest BCUT2D eigenvalue weighted by molar-refractivity contribution is 0.415. The molecule has 3 rings (SSSR count). The van der Waals surface area contributed by atoms with Crippen molar-refractivity contribution in [3.63, 3.8) is 0 Å². The number of hydrogen-bond donors (Lipinski definition) is 1. The van der Waals surface area contributed by atoms with E-state index >= 15 is 0 Å². The first-order valence-electron chi connectivity index (χ1n) is 6.28. The maximum Gasteiger partial charge on any atom is 0.203 e. The highest BCUT2D eigenvalue weighted by molar-refractivity contribution is 7.14. The van der Waals surface area contributed by atoms with Crippen LogP contribution in [0, 0.1) is 0 Å². The molecule has 0 radical (unpaired) electrons. The van der Waals surface area contributed by atoms with Gasteiger partial charge in [0.2, 0.25) is 5.13 Å². The summed E-state index contributed by atoms with van der Waals surface area (Å²) < 4.78 is 10.4. The van der Waals surface area contributed by atoms with Gasteiger partial charge >= 0.3 is 0 Å². The number of ether oxygens (including phenoxy) is 1. The van der Waals surface area contributed by atoms with E-state index in [4.69, 9.17) is 9.15 Å². The maximum atomic E-state index is 5.22. The monoisotopic (exact) mass is 299 g/mol. The van der Waals surface area contributed by atoms with Crippen LogP contribution in [0.5, 0.6) is 5.75 Å². The molecule has 0 amide bonds. The molecule has 106 valence electrons. The standard InChI is InChI=1S/C15H13N3O2S/c1-19-12-5-2-4-11(8-12)14-10-21-15(17-14)18-16-9-13-6-3-7-20-13/h2-10H,1H3,(H,17,18)/b16-9-. The zero-order valence-electron chi connectivity index (χ0n) is 11.3. The zero-order chi connectivity index (χ0) is 14.5. The van der Waals surface area contributed by atoms with Gasteiger partial charge in [-0.3, -0.25) is 5.43 Å². The van der Waals surface area contributed by atoms with E-state index in [0.29, 0.717) is 5.76 Å². The van der Waals surface area contributed by atoms with Crippen molar-refractivity contribution < 1.29 is 9.15 Å². The van der Waals surface area contributed by atoms with Crippen LogP contribution in [0.4, 0.5) is 5.13 Å². The molecule has 1 aromatic carbocycles. The van der Waals surface area contributed by atoms with Gasteiger partial charge in [0, 0.05) is 10.9 Å². The number of nitrogens with zero attached hydrogens (tertiary/aromatic N) is 2. The van der Waals surface area contributed by atoms with Crippen LogP contribution >= 0.6 is 11.3 Å². The summed E-state index contributed by atoms with van der Waals surface area (Å²) in [5.74, 6) is 1.50. The molecule has 0 aliphatic heterocycles. The fourth-order valence-electron chi connectivity index (χ4n) is 1.76. The van der Waals surface area contributed by atoms with Crippen LogP contribution in [0.3, 0.4) is 0 Å². The first-order chi connectivity index (χ1) is 10.3. The minimum absolute atomic E-state index is 0.687. The zero-order valence-corrected chi connectivity index (χ0v) is 12.1. The first-order valence-corrected chi connectivity index (χ1v) is 7.15. The molecule has 6 heteroatoms. The number of benzene rings is 1. The van der Waals surface area contributed by atoms with Gasteiger partial charge in [0.15, 0.2) is 0 Å². The molecule has 5 nitrogen and oxygen atoms in total. The SMILES string of the molecule is COc1cccc(-c2csc(N/N=C\c3ccco3)n2)c1. The van der Waals surface area contributed by atoms with E-state index in [0.717, 1.165) is 22.1 Å². The molecule has 3 aromatic rings. The molecule has 0 saturated carbocycles. The lowest BCUT2D eigenvalue weighted by atomic mass is 10.2. The van der Waals surface area contributed by atoms with E-state index in [1.54, 1.807) is 19.6 Å². The van der Waals surface area contributed by atoms with Crippen LogP contribution in [0.15, 0.2) is 57.6 Å². The van der Waals surface area contributed by atoms with E-state index in [-0.39, 0.29) is 0 Å². The van der Waals surface area contributed by atoms with Gasteiger partial charge < -0.3 is 9.15 Å². The average molecular weight is 299 g/mol. The van der Waals surface area contributed by atoms with Gasteiger partial charge in [-0.2, -0.15) is 5.10 Å². The van der Waals surface area contributed by atoms with Gasteiger partial charge in [-0.1, -0.05) is 12.1 Å². The summed E-state index contributed by atoms with van der Waals surface area (Å²) in [6.07, 6.45) is 3.21. The number of hydrazone groups is 1. The Bertz CT molecular complexity index is 735. The predicted molar refractivity (Wildman–Crippen MR) is 84.0 cm³/mol. The molecule has 0 atom stereocenters. The Kier molecular flexibility index (Phi) is 3.97. The summed E-state index contributed by atoms with van der Waals surface area (Å²) >= 11 is 1.49. The van der Waals surface area contributed by atoms with E-state index in [1.807, 2.05) is 41.8 Å². The number of anilines is 1.